The fraction of sp³-hybridized carbons (Fsp3) is 0.118. The van der Waals surface area contributed by atoms with Crippen LogP contribution in [-0.2, 0) is 9.59 Å². The highest BCUT2D eigenvalue weighted by Gasteiger charge is 2.37. The van der Waals surface area contributed by atoms with Crippen molar-refractivity contribution in [3.63, 3.8) is 0 Å². The average Bonchev–Trinajstić information content (AvgIpc) is 3.00. The van der Waals surface area contributed by atoms with E-state index in [4.69, 9.17) is 4.42 Å². The summed E-state index contributed by atoms with van der Waals surface area (Å²) in [6.07, 6.45) is 2.76. The number of carbonyl (C=O) groups is 3. The zero-order valence-electron chi connectivity index (χ0n) is 12.6. The Labute approximate surface area is 132 Å². The molecule has 0 bridgehead atoms. The van der Waals surface area contributed by atoms with Gasteiger partial charge in [0.25, 0.3) is 11.8 Å². The first kappa shape index (κ1) is 14.8. The van der Waals surface area contributed by atoms with Crippen LogP contribution in [0.25, 0.3) is 6.08 Å². The maximum Gasteiger partial charge on any atom is 0.335 e. The Kier molecular flexibility index (Phi) is 3.57. The maximum atomic E-state index is 12.7. The second-order valence-electron chi connectivity index (χ2n) is 5.26. The van der Waals surface area contributed by atoms with E-state index in [-0.39, 0.29) is 5.57 Å². The summed E-state index contributed by atoms with van der Waals surface area (Å²) >= 11 is 0. The summed E-state index contributed by atoms with van der Waals surface area (Å²) in [5, 5.41) is 2.18. The quantitative estimate of drug-likeness (QED) is 0.683. The molecule has 1 aromatic heterocycles. The van der Waals surface area contributed by atoms with Crippen LogP contribution in [-0.4, -0.2) is 17.8 Å². The minimum Gasteiger partial charge on any atom is -0.465 e. The van der Waals surface area contributed by atoms with E-state index in [0.717, 1.165) is 16.0 Å². The van der Waals surface area contributed by atoms with Crippen LogP contribution in [0.15, 0.2) is 46.6 Å². The Hall–Kier alpha value is -3.15. The highest BCUT2D eigenvalue weighted by molar-refractivity contribution is 6.39. The lowest BCUT2D eigenvalue weighted by Gasteiger charge is -2.27. The molecule has 2 heterocycles. The average molecular weight is 310 g/mol. The summed E-state index contributed by atoms with van der Waals surface area (Å²) in [6.45, 7) is 3.65. The number of carbonyl (C=O) groups excluding carboxylic acids is 3. The molecule has 4 amide bonds. The lowest BCUT2D eigenvalue weighted by Crippen LogP contribution is -2.54. The molecule has 1 aromatic carbocycles. The number of amides is 4. The Morgan fingerprint density at radius 1 is 1.13 bits per heavy atom. The lowest BCUT2D eigenvalue weighted by atomic mass is 10.1. The Morgan fingerprint density at radius 3 is 2.61 bits per heavy atom. The topological polar surface area (TPSA) is 79.6 Å². The molecule has 0 unspecified atom stereocenters. The van der Waals surface area contributed by atoms with Crippen molar-refractivity contribution >= 4 is 29.6 Å². The first-order chi connectivity index (χ1) is 11.0. The molecule has 0 aliphatic carbocycles. The van der Waals surface area contributed by atoms with Crippen molar-refractivity contribution in [3.05, 3.63) is 59.1 Å². The normalized spacial score (nSPS) is 16.9. The van der Waals surface area contributed by atoms with Crippen LogP contribution < -0.4 is 10.2 Å². The van der Waals surface area contributed by atoms with E-state index in [9.17, 15) is 14.4 Å². The van der Waals surface area contributed by atoms with Crippen LogP contribution in [0.1, 0.15) is 16.9 Å². The van der Waals surface area contributed by atoms with E-state index in [2.05, 4.69) is 5.32 Å². The van der Waals surface area contributed by atoms with E-state index in [0.29, 0.717) is 11.4 Å². The molecule has 1 aliphatic rings. The van der Waals surface area contributed by atoms with Gasteiger partial charge in [0.15, 0.2) is 0 Å². The summed E-state index contributed by atoms with van der Waals surface area (Å²) in [7, 11) is 0. The molecule has 0 radical (unpaired) electrons. The number of imide groups is 2. The number of aryl methyl sites for hydroxylation is 2. The van der Waals surface area contributed by atoms with E-state index in [1.807, 2.05) is 19.1 Å². The molecule has 1 fully saturated rings. The number of urea groups is 1. The van der Waals surface area contributed by atoms with Crippen molar-refractivity contribution in [2.75, 3.05) is 4.90 Å². The van der Waals surface area contributed by atoms with Crippen LogP contribution in [0.5, 0.6) is 0 Å². The maximum absolute atomic E-state index is 12.7. The van der Waals surface area contributed by atoms with Gasteiger partial charge in [-0.3, -0.25) is 14.9 Å². The van der Waals surface area contributed by atoms with Gasteiger partial charge in [-0.2, -0.15) is 0 Å². The summed E-state index contributed by atoms with van der Waals surface area (Å²) in [4.78, 5) is 37.8. The van der Waals surface area contributed by atoms with Crippen molar-refractivity contribution < 1.29 is 18.8 Å². The number of furan rings is 1. The molecule has 23 heavy (non-hydrogen) atoms. The zero-order chi connectivity index (χ0) is 16.6. The molecule has 6 nitrogen and oxygen atoms in total. The molecule has 0 spiro atoms. The van der Waals surface area contributed by atoms with Gasteiger partial charge in [-0.1, -0.05) is 12.1 Å². The Bertz CT molecular complexity index is 834. The SMILES string of the molecule is Cc1ccc(C)c(N2C(=O)NC(=O)C(=Cc3ccco3)C2=O)c1. The van der Waals surface area contributed by atoms with Crippen LogP contribution in [0.3, 0.4) is 0 Å². The number of hydrogen-bond acceptors (Lipinski definition) is 4. The fourth-order valence-corrected chi connectivity index (χ4v) is 2.35. The van der Waals surface area contributed by atoms with Gasteiger partial charge in [-0.05, 0) is 49.2 Å². The monoisotopic (exact) mass is 310 g/mol. The first-order valence-corrected chi connectivity index (χ1v) is 6.99. The van der Waals surface area contributed by atoms with Crippen molar-refractivity contribution in [2.45, 2.75) is 13.8 Å². The Morgan fingerprint density at radius 2 is 1.91 bits per heavy atom. The Balaban J connectivity index is 2.07. The van der Waals surface area contributed by atoms with E-state index >= 15 is 0 Å². The second kappa shape index (κ2) is 5.57. The number of nitrogens with zero attached hydrogens (tertiary/aromatic N) is 1. The largest absolute Gasteiger partial charge is 0.465 e. The molecule has 1 aliphatic heterocycles. The lowest BCUT2D eigenvalue weighted by molar-refractivity contribution is -0.122. The molecule has 2 aromatic rings. The molecule has 3 rings (SSSR count). The van der Waals surface area contributed by atoms with Crippen molar-refractivity contribution in [3.8, 4) is 0 Å². The zero-order valence-corrected chi connectivity index (χ0v) is 12.6. The third-order valence-electron chi connectivity index (χ3n) is 3.54. The number of rotatable bonds is 2. The van der Waals surface area contributed by atoms with E-state index in [1.165, 1.54) is 12.3 Å². The number of benzene rings is 1. The van der Waals surface area contributed by atoms with E-state index in [1.54, 1.807) is 25.1 Å². The standard InChI is InChI=1S/C17H14N2O4/c1-10-5-6-11(2)14(8-10)19-16(21)13(15(20)18-17(19)22)9-12-4-3-7-23-12/h3-9H,1-2H3,(H,18,20,22). The van der Waals surface area contributed by atoms with Gasteiger partial charge in [0.2, 0.25) is 0 Å². The summed E-state index contributed by atoms with van der Waals surface area (Å²) in [6, 6.07) is 7.93. The third-order valence-corrected chi connectivity index (χ3v) is 3.54. The van der Waals surface area contributed by atoms with Crippen molar-refractivity contribution in [2.24, 2.45) is 0 Å². The predicted molar refractivity (Wildman–Crippen MR) is 83.6 cm³/mol. The molecule has 0 saturated carbocycles. The summed E-state index contributed by atoms with van der Waals surface area (Å²) < 4.78 is 5.13. The second-order valence-corrected chi connectivity index (χ2v) is 5.26. The molecule has 1 saturated heterocycles. The summed E-state index contributed by atoms with van der Waals surface area (Å²) in [5.74, 6) is -1.06. The smallest absolute Gasteiger partial charge is 0.335 e. The predicted octanol–water partition coefficient (Wildman–Crippen LogP) is 2.56. The van der Waals surface area contributed by atoms with Crippen LogP contribution in [0, 0.1) is 13.8 Å². The highest BCUT2D eigenvalue weighted by atomic mass is 16.3. The van der Waals surface area contributed by atoms with Crippen molar-refractivity contribution in [1.82, 2.24) is 5.32 Å². The van der Waals surface area contributed by atoms with Gasteiger partial charge >= 0.3 is 6.03 Å². The van der Waals surface area contributed by atoms with Gasteiger partial charge in [0.1, 0.15) is 11.3 Å². The molecule has 1 N–H and O–H groups in total. The van der Waals surface area contributed by atoms with Crippen LogP contribution in [0.2, 0.25) is 0 Å². The minimum absolute atomic E-state index is 0.152. The van der Waals surface area contributed by atoms with Gasteiger partial charge in [0.05, 0.1) is 12.0 Å². The van der Waals surface area contributed by atoms with Crippen molar-refractivity contribution in [1.29, 1.82) is 0 Å². The first-order valence-electron chi connectivity index (χ1n) is 6.99. The summed E-state index contributed by atoms with van der Waals surface area (Å²) in [5.41, 5.74) is 1.95. The van der Waals surface area contributed by atoms with Gasteiger partial charge < -0.3 is 4.42 Å². The molecule has 6 heteroatoms. The van der Waals surface area contributed by atoms with Gasteiger partial charge in [0, 0.05) is 0 Å². The molecule has 116 valence electrons. The third kappa shape index (κ3) is 2.66. The van der Waals surface area contributed by atoms with Gasteiger partial charge in [-0.15, -0.1) is 0 Å². The van der Waals surface area contributed by atoms with Crippen LogP contribution in [0.4, 0.5) is 10.5 Å². The highest BCUT2D eigenvalue weighted by Crippen LogP contribution is 2.26. The number of hydrogen-bond donors (Lipinski definition) is 1. The van der Waals surface area contributed by atoms with E-state index < -0.39 is 17.8 Å². The van der Waals surface area contributed by atoms with Gasteiger partial charge in [-0.25, -0.2) is 9.69 Å². The fourth-order valence-electron chi connectivity index (χ4n) is 2.35. The number of barbiturate groups is 1. The number of anilines is 1. The molecule has 0 atom stereocenters. The minimum atomic E-state index is -0.759. The van der Waals surface area contributed by atoms with Crippen LogP contribution >= 0.6 is 0 Å². The number of nitrogens with one attached hydrogen (secondary N) is 1. The molecular weight excluding hydrogens is 296 g/mol. The molecular formula is C17H14N2O4.